The number of Topliss-reactive ketones (excluding diaryl/α,β-unsaturated/α-hetero) is 1. The standard InChI is InChI=1S/C8H5BrF2O2/c9-5-3-1-2-4(6(5)12)7(13)8(10)11/h1-3,8,12H. The molecule has 1 aromatic carbocycles. The molecule has 1 aromatic rings. The predicted octanol–water partition coefficient (Wildman–Crippen LogP) is 2.60. The molecule has 0 saturated carbocycles. The Morgan fingerprint density at radius 1 is 1.46 bits per heavy atom. The van der Waals surface area contributed by atoms with Gasteiger partial charge in [-0.2, -0.15) is 0 Å². The zero-order valence-corrected chi connectivity index (χ0v) is 7.88. The smallest absolute Gasteiger partial charge is 0.300 e. The van der Waals surface area contributed by atoms with Gasteiger partial charge in [-0.1, -0.05) is 6.07 Å². The highest BCUT2D eigenvalue weighted by Crippen LogP contribution is 2.28. The molecule has 70 valence electrons. The number of carbonyl (C=O) groups is 1. The number of hydrogen-bond acceptors (Lipinski definition) is 2. The summed E-state index contributed by atoms with van der Waals surface area (Å²) in [6, 6.07) is 4.01. The second kappa shape index (κ2) is 3.83. The van der Waals surface area contributed by atoms with E-state index >= 15 is 0 Å². The van der Waals surface area contributed by atoms with Gasteiger partial charge in [0.25, 0.3) is 0 Å². The lowest BCUT2D eigenvalue weighted by atomic mass is 10.1. The maximum Gasteiger partial charge on any atom is 0.300 e. The Morgan fingerprint density at radius 2 is 2.08 bits per heavy atom. The quantitative estimate of drug-likeness (QED) is 0.820. The normalized spacial score (nSPS) is 10.5. The number of para-hydroxylation sites is 1. The summed E-state index contributed by atoms with van der Waals surface area (Å²) in [6.45, 7) is 0. The molecule has 1 rings (SSSR count). The minimum Gasteiger partial charge on any atom is -0.506 e. The first-order valence-corrected chi connectivity index (χ1v) is 4.13. The molecule has 0 unspecified atom stereocenters. The van der Waals surface area contributed by atoms with Crippen molar-refractivity contribution in [2.24, 2.45) is 0 Å². The van der Waals surface area contributed by atoms with Crippen molar-refractivity contribution in [1.82, 2.24) is 0 Å². The van der Waals surface area contributed by atoms with Crippen molar-refractivity contribution in [3.63, 3.8) is 0 Å². The van der Waals surface area contributed by atoms with Crippen LogP contribution in [-0.2, 0) is 0 Å². The zero-order valence-electron chi connectivity index (χ0n) is 6.30. The summed E-state index contributed by atoms with van der Waals surface area (Å²) < 4.78 is 24.1. The monoisotopic (exact) mass is 250 g/mol. The molecule has 0 saturated heterocycles. The van der Waals surface area contributed by atoms with Crippen molar-refractivity contribution in [3.8, 4) is 5.75 Å². The van der Waals surface area contributed by atoms with Crippen LogP contribution in [0.15, 0.2) is 22.7 Å². The first-order valence-electron chi connectivity index (χ1n) is 3.34. The SMILES string of the molecule is O=C(c1cccc(Br)c1O)C(F)F. The molecular formula is C8H5BrF2O2. The molecule has 1 N–H and O–H groups in total. The molecule has 0 heterocycles. The zero-order chi connectivity index (χ0) is 10.0. The summed E-state index contributed by atoms with van der Waals surface area (Å²) in [5.41, 5.74) is -0.371. The fourth-order valence-electron chi connectivity index (χ4n) is 0.832. The van der Waals surface area contributed by atoms with E-state index in [9.17, 15) is 18.7 Å². The third-order valence-electron chi connectivity index (χ3n) is 1.45. The topological polar surface area (TPSA) is 37.3 Å². The van der Waals surface area contributed by atoms with E-state index in [-0.39, 0.29) is 10.0 Å². The highest BCUT2D eigenvalue weighted by molar-refractivity contribution is 9.10. The fraction of sp³-hybridized carbons (Fsp3) is 0.125. The summed E-state index contributed by atoms with van der Waals surface area (Å²) in [7, 11) is 0. The van der Waals surface area contributed by atoms with E-state index < -0.39 is 18.0 Å². The summed E-state index contributed by atoms with van der Waals surface area (Å²) >= 11 is 2.92. The molecule has 0 aliphatic carbocycles. The van der Waals surface area contributed by atoms with Gasteiger partial charge in [-0.15, -0.1) is 0 Å². The van der Waals surface area contributed by atoms with Crippen molar-refractivity contribution in [3.05, 3.63) is 28.2 Å². The van der Waals surface area contributed by atoms with Crippen LogP contribution in [0.1, 0.15) is 10.4 Å². The Hall–Kier alpha value is -0.970. The van der Waals surface area contributed by atoms with Crippen molar-refractivity contribution in [2.45, 2.75) is 6.43 Å². The molecule has 0 amide bonds. The van der Waals surface area contributed by atoms with E-state index in [1.54, 1.807) is 0 Å². The van der Waals surface area contributed by atoms with Crippen LogP contribution in [-0.4, -0.2) is 17.3 Å². The highest BCUT2D eigenvalue weighted by atomic mass is 79.9. The Balaban J connectivity index is 3.15. The van der Waals surface area contributed by atoms with Crippen LogP contribution in [0.3, 0.4) is 0 Å². The second-order valence-corrected chi connectivity index (χ2v) is 3.16. The molecule has 0 atom stereocenters. The molecule has 2 nitrogen and oxygen atoms in total. The molecule has 0 aromatic heterocycles. The molecule has 0 fully saturated rings. The van der Waals surface area contributed by atoms with Gasteiger partial charge in [-0.3, -0.25) is 4.79 Å². The largest absolute Gasteiger partial charge is 0.506 e. The molecule has 0 spiro atoms. The number of benzene rings is 1. The average Bonchev–Trinajstić information content (AvgIpc) is 2.08. The molecule has 0 bridgehead atoms. The van der Waals surface area contributed by atoms with Crippen molar-refractivity contribution >= 4 is 21.7 Å². The van der Waals surface area contributed by atoms with Crippen molar-refractivity contribution in [2.75, 3.05) is 0 Å². The number of hydrogen-bond donors (Lipinski definition) is 1. The maximum atomic E-state index is 11.9. The lowest BCUT2D eigenvalue weighted by Crippen LogP contribution is -2.10. The number of phenols is 1. The summed E-state index contributed by atoms with van der Waals surface area (Å²) in [5, 5.41) is 9.22. The predicted molar refractivity (Wildman–Crippen MR) is 46.1 cm³/mol. The Labute approximate surface area is 81.3 Å². The third-order valence-corrected chi connectivity index (χ3v) is 2.09. The minimum atomic E-state index is -3.10. The van der Waals surface area contributed by atoms with Gasteiger partial charge in [0.1, 0.15) is 5.75 Å². The number of phenolic OH excluding ortho intramolecular Hbond substituents is 1. The van der Waals surface area contributed by atoms with Gasteiger partial charge >= 0.3 is 6.43 Å². The molecule has 0 radical (unpaired) electrons. The molecule has 13 heavy (non-hydrogen) atoms. The molecule has 0 aliphatic heterocycles. The van der Waals surface area contributed by atoms with Crippen LogP contribution in [0, 0.1) is 0 Å². The third kappa shape index (κ3) is 2.03. The molecular weight excluding hydrogens is 246 g/mol. The van der Waals surface area contributed by atoms with Crippen LogP contribution >= 0.6 is 15.9 Å². The van der Waals surface area contributed by atoms with E-state index in [1.807, 2.05) is 0 Å². The Kier molecular flexibility index (Phi) is 2.98. The van der Waals surface area contributed by atoms with Crippen molar-refractivity contribution < 1.29 is 18.7 Å². The number of aromatic hydroxyl groups is 1. The van der Waals surface area contributed by atoms with Crippen molar-refractivity contribution in [1.29, 1.82) is 0 Å². The second-order valence-electron chi connectivity index (χ2n) is 2.30. The van der Waals surface area contributed by atoms with E-state index in [0.717, 1.165) is 6.07 Å². The van der Waals surface area contributed by atoms with E-state index in [4.69, 9.17) is 0 Å². The molecule has 5 heteroatoms. The van der Waals surface area contributed by atoms with E-state index in [1.165, 1.54) is 12.1 Å². The fourth-order valence-corrected chi connectivity index (χ4v) is 1.20. The first-order chi connectivity index (χ1) is 6.04. The van der Waals surface area contributed by atoms with Crippen LogP contribution in [0.2, 0.25) is 0 Å². The van der Waals surface area contributed by atoms with Crippen LogP contribution < -0.4 is 0 Å². The van der Waals surface area contributed by atoms with Gasteiger partial charge in [-0.25, -0.2) is 8.78 Å². The number of halogens is 3. The Morgan fingerprint density at radius 3 is 2.62 bits per heavy atom. The van der Waals surface area contributed by atoms with E-state index in [2.05, 4.69) is 15.9 Å². The Bertz CT molecular complexity index is 339. The summed E-state index contributed by atoms with van der Waals surface area (Å²) in [5.74, 6) is -1.83. The summed E-state index contributed by atoms with van der Waals surface area (Å²) in [6.07, 6.45) is -3.10. The average molecular weight is 251 g/mol. The van der Waals surface area contributed by atoms with Gasteiger partial charge in [0.15, 0.2) is 0 Å². The number of rotatable bonds is 2. The van der Waals surface area contributed by atoms with Crippen LogP contribution in [0.5, 0.6) is 5.75 Å². The van der Waals surface area contributed by atoms with Crippen LogP contribution in [0.4, 0.5) is 8.78 Å². The number of carbonyl (C=O) groups excluding carboxylic acids is 1. The number of ketones is 1. The van der Waals surface area contributed by atoms with Gasteiger partial charge in [-0.05, 0) is 28.1 Å². The van der Waals surface area contributed by atoms with Crippen LogP contribution in [0.25, 0.3) is 0 Å². The summed E-state index contributed by atoms with van der Waals surface area (Å²) in [4.78, 5) is 10.8. The first kappa shape index (κ1) is 10.1. The van der Waals surface area contributed by atoms with Gasteiger partial charge in [0.05, 0.1) is 10.0 Å². The maximum absolute atomic E-state index is 11.9. The van der Waals surface area contributed by atoms with Gasteiger partial charge in [0.2, 0.25) is 5.78 Å². The minimum absolute atomic E-state index is 0.221. The molecule has 0 aliphatic rings. The van der Waals surface area contributed by atoms with E-state index in [0.29, 0.717) is 0 Å². The number of alkyl halides is 2. The van der Waals surface area contributed by atoms with Gasteiger partial charge in [0, 0.05) is 0 Å². The lowest BCUT2D eigenvalue weighted by Gasteiger charge is -2.03. The highest BCUT2D eigenvalue weighted by Gasteiger charge is 2.21. The van der Waals surface area contributed by atoms with Gasteiger partial charge < -0.3 is 5.11 Å². The lowest BCUT2D eigenvalue weighted by molar-refractivity contribution is 0.0675.